The molecule has 0 spiro atoms. The van der Waals surface area contributed by atoms with Crippen molar-refractivity contribution in [1.29, 1.82) is 0 Å². The zero-order chi connectivity index (χ0) is 52.9. The summed E-state index contributed by atoms with van der Waals surface area (Å²) < 4.78 is 64.9. The van der Waals surface area contributed by atoms with E-state index in [1.807, 2.05) is 33.1 Å². The number of carbonyl (C=O) groups is 5. The normalized spacial score (nSPS) is 20.2. The van der Waals surface area contributed by atoms with Gasteiger partial charge in [-0.05, 0) is 76.3 Å². The number of amides is 3. The number of anilines is 1. The average molecular weight is 1060 g/mol. The van der Waals surface area contributed by atoms with Crippen molar-refractivity contribution >= 4 is 65.2 Å². The molecule has 2 saturated carbocycles. The fourth-order valence-electron chi connectivity index (χ4n) is 8.53. The van der Waals surface area contributed by atoms with Crippen LogP contribution in [0.1, 0.15) is 113 Å². The minimum atomic E-state index is -4.73. The molecule has 1 aromatic carbocycles. The van der Waals surface area contributed by atoms with Gasteiger partial charge >= 0.3 is 26.0 Å². The number of fused-ring (bicyclic) bond motifs is 1. The van der Waals surface area contributed by atoms with Crippen molar-refractivity contribution in [3.8, 4) is 22.9 Å². The zero-order valence-corrected chi connectivity index (χ0v) is 44.8. The third kappa shape index (κ3) is 14.8. The van der Waals surface area contributed by atoms with E-state index in [4.69, 9.17) is 52.2 Å². The highest BCUT2D eigenvalue weighted by Crippen LogP contribution is 2.73. The number of methoxy groups -OCH3 is 1. The van der Waals surface area contributed by atoms with Gasteiger partial charge in [0.2, 0.25) is 25.4 Å². The highest BCUT2D eigenvalue weighted by molar-refractivity contribution is 7.56. The van der Waals surface area contributed by atoms with E-state index in [2.05, 4.69) is 22.5 Å². The van der Waals surface area contributed by atoms with Gasteiger partial charge in [0, 0.05) is 41.3 Å². The number of carbonyl (C=O) groups excluding carboxylic acids is 5. The van der Waals surface area contributed by atoms with Crippen LogP contribution in [0.15, 0.2) is 42.3 Å². The molecule has 0 radical (unpaired) electrons. The molecule has 6 rings (SSSR count). The van der Waals surface area contributed by atoms with Crippen molar-refractivity contribution in [3.63, 3.8) is 0 Å². The second-order valence-corrected chi connectivity index (χ2v) is 22.8. The molecule has 23 heteroatoms. The molecule has 5 atom stereocenters. The van der Waals surface area contributed by atoms with Crippen LogP contribution < -0.4 is 25.4 Å². The fourth-order valence-corrected chi connectivity index (χ4v) is 11.5. The van der Waals surface area contributed by atoms with Crippen molar-refractivity contribution < 1.29 is 70.7 Å². The number of ether oxygens (including phenoxy) is 7. The summed E-state index contributed by atoms with van der Waals surface area (Å²) in [4.78, 5) is 79.5. The first-order valence-electron chi connectivity index (χ1n) is 24.9. The van der Waals surface area contributed by atoms with Crippen LogP contribution in [0.2, 0.25) is 0 Å². The predicted octanol–water partition coefficient (Wildman–Crippen LogP) is 9.69. The fraction of sp³-hybridized carbons (Fsp3) is 0.620. The molecule has 3 aliphatic rings. The molecular weight excluding hydrogens is 988 g/mol. The number of hydrogen-bond donors (Lipinski definition) is 3. The molecule has 2 aromatic heterocycles. The van der Waals surface area contributed by atoms with Crippen LogP contribution in [0.5, 0.6) is 11.5 Å². The maximum atomic E-state index is 15.1. The van der Waals surface area contributed by atoms with Crippen molar-refractivity contribution in [2.24, 2.45) is 11.3 Å². The molecule has 3 N–H and O–H groups in total. The van der Waals surface area contributed by atoms with Gasteiger partial charge in [0.15, 0.2) is 5.13 Å². The molecule has 402 valence electrons. The van der Waals surface area contributed by atoms with Crippen LogP contribution >= 0.6 is 18.9 Å². The van der Waals surface area contributed by atoms with E-state index in [1.165, 1.54) is 22.3 Å². The molecule has 1 unspecified atom stereocenters. The van der Waals surface area contributed by atoms with Gasteiger partial charge in [0.05, 0.1) is 38.1 Å². The number of rotatable bonds is 25. The van der Waals surface area contributed by atoms with Gasteiger partial charge < -0.3 is 54.0 Å². The Hall–Kier alpha value is -5.70. The van der Waals surface area contributed by atoms with E-state index in [9.17, 15) is 14.4 Å². The Labute approximate surface area is 430 Å². The number of hydrogen-bond acceptors (Lipinski definition) is 19. The minimum absolute atomic E-state index is 0.0402. The van der Waals surface area contributed by atoms with E-state index in [1.54, 1.807) is 52.1 Å². The van der Waals surface area contributed by atoms with Gasteiger partial charge in [-0.3, -0.25) is 23.2 Å². The zero-order valence-electron chi connectivity index (χ0n) is 43.1. The Morgan fingerprint density at radius 1 is 0.932 bits per heavy atom. The van der Waals surface area contributed by atoms with E-state index in [0.29, 0.717) is 64.6 Å². The van der Waals surface area contributed by atoms with E-state index >= 15 is 14.2 Å². The number of likely N-dealkylation sites (tertiary alicyclic amines) is 1. The molecule has 3 aromatic rings. The van der Waals surface area contributed by atoms with Gasteiger partial charge in [-0.15, -0.1) is 17.9 Å². The summed E-state index contributed by atoms with van der Waals surface area (Å²) in [6.07, 6.45) is 3.12. The van der Waals surface area contributed by atoms with Gasteiger partial charge in [-0.1, -0.05) is 53.5 Å². The lowest BCUT2D eigenvalue weighted by molar-refractivity contribution is -0.142. The molecule has 0 bridgehead atoms. The van der Waals surface area contributed by atoms with Crippen LogP contribution in [-0.2, 0) is 46.9 Å². The van der Waals surface area contributed by atoms with Crippen molar-refractivity contribution in [2.75, 3.05) is 45.8 Å². The molecule has 73 heavy (non-hydrogen) atoms. The average Bonchev–Trinajstić information content (AvgIpc) is 3.74. The Balaban J connectivity index is 1.34. The standard InChI is InChI=1S/C50H71N6O15PS/c1-10-13-21-64-47(60)66-29-68-72(62,69-30-67-48(61)65-22-14-11-2)50(26-32(50)12-3)55-43(57)40-24-35(27-56(40)44(58)42(49(6,7)8)54-46(59)71-33-17-15-16-18-33)70-41-25-38(39-28-73-45(53-39)51-31(4)5)52-37-23-34(63-9)19-20-36(37)41/h12,19-20,23,25,28,31-33,35,40,42H,3,10-11,13-18,21-22,24,26-27,29-30H2,1-2,4-9H3,(H,51,53)(H,54,59)(H,55,57)/t32-,35-,40+,42?,50+/m1/s1. The van der Waals surface area contributed by atoms with Crippen LogP contribution in [0.25, 0.3) is 22.3 Å². The second kappa shape index (κ2) is 25.5. The predicted molar refractivity (Wildman–Crippen MR) is 271 cm³/mol. The number of nitrogens with one attached hydrogen (secondary N) is 3. The summed E-state index contributed by atoms with van der Waals surface area (Å²) >= 11 is 1.43. The molecule has 3 amide bonds. The lowest BCUT2D eigenvalue weighted by Crippen LogP contribution is -2.58. The number of unbranched alkanes of at least 4 members (excludes halogenated alkanes) is 2. The lowest BCUT2D eigenvalue weighted by Gasteiger charge is -2.36. The van der Waals surface area contributed by atoms with Crippen LogP contribution in [-0.4, -0.2) is 121 Å². The number of nitrogens with zero attached hydrogens (tertiary/aromatic N) is 3. The van der Waals surface area contributed by atoms with Crippen molar-refractivity contribution in [3.05, 3.63) is 42.3 Å². The van der Waals surface area contributed by atoms with Crippen LogP contribution in [0.3, 0.4) is 0 Å². The number of thiazole rings is 1. The SMILES string of the molecule is C=C[C@@H]1C[C@]1(NC(=O)[C@@H]1C[C@@H](Oc2cc(-c3csc(NC(C)C)n3)nc3cc(OC)ccc23)CN1C(=O)C(NC(=O)OC1CCCC1)C(C)(C)C)P(=O)(OCOC(=O)OCCCC)OCOC(=O)OCCCC. The van der Waals surface area contributed by atoms with Crippen LogP contribution in [0, 0.1) is 11.3 Å². The first-order valence-corrected chi connectivity index (χ1v) is 27.3. The summed E-state index contributed by atoms with van der Waals surface area (Å²) in [6.45, 7) is 15.2. The highest BCUT2D eigenvalue weighted by atomic mass is 32.1. The topological polar surface area (TPSA) is 251 Å². The lowest BCUT2D eigenvalue weighted by atomic mass is 9.85. The smallest absolute Gasteiger partial charge is 0.497 e. The highest BCUT2D eigenvalue weighted by Gasteiger charge is 2.69. The third-order valence-corrected chi connectivity index (χ3v) is 15.9. The molecule has 1 saturated heterocycles. The first kappa shape index (κ1) is 56.6. The number of aromatic nitrogens is 2. The number of alkyl carbamates (subject to hydrolysis) is 1. The molecule has 1 aliphatic heterocycles. The van der Waals surface area contributed by atoms with Gasteiger partial charge in [-0.25, -0.2) is 24.4 Å². The quantitative estimate of drug-likeness (QED) is 0.0178. The summed E-state index contributed by atoms with van der Waals surface area (Å²) in [5, 5.41) is 10.3. The maximum absolute atomic E-state index is 15.1. The molecular formula is C50H71N6O15PS. The second-order valence-electron chi connectivity index (χ2n) is 19.6. The van der Waals surface area contributed by atoms with Gasteiger partial charge in [0.25, 0.3) is 0 Å². The van der Waals surface area contributed by atoms with Gasteiger partial charge in [0.1, 0.15) is 46.8 Å². The Bertz CT molecular complexity index is 2430. The number of benzene rings is 1. The van der Waals surface area contributed by atoms with E-state index in [0.717, 1.165) is 25.7 Å². The maximum Gasteiger partial charge on any atom is 0.510 e. The number of pyridine rings is 1. The van der Waals surface area contributed by atoms with E-state index < -0.39 is 86.2 Å². The molecule has 2 aliphatic carbocycles. The van der Waals surface area contributed by atoms with Crippen molar-refractivity contribution in [2.45, 2.75) is 148 Å². The molecule has 21 nitrogen and oxygen atoms in total. The largest absolute Gasteiger partial charge is 0.510 e. The van der Waals surface area contributed by atoms with E-state index in [-0.39, 0.29) is 44.7 Å². The first-order chi connectivity index (χ1) is 34.8. The summed E-state index contributed by atoms with van der Waals surface area (Å²) in [5.74, 6) is -1.20. The molecule has 3 fully saturated rings. The van der Waals surface area contributed by atoms with Crippen LogP contribution in [0.4, 0.5) is 19.5 Å². The Morgan fingerprint density at radius 2 is 1.59 bits per heavy atom. The monoisotopic (exact) mass is 1060 g/mol. The van der Waals surface area contributed by atoms with Gasteiger partial charge in [-0.2, -0.15) is 0 Å². The summed E-state index contributed by atoms with van der Waals surface area (Å²) in [6, 6.07) is 4.73. The minimum Gasteiger partial charge on any atom is -0.497 e. The Kier molecular flexibility index (Phi) is 19.8. The Morgan fingerprint density at radius 3 is 2.16 bits per heavy atom. The van der Waals surface area contributed by atoms with Crippen molar-refractivity contribution in [1.82, 2.24) is 25.5 Å². The summed E-state index contributed by atoms with van der Waals surface area (Å²) in [5.41, 5.74) is 0.732. The molecule has 3 heterocycles. The third-order valence-electron chi connectivity index (χ3n) is 12.6. The summed E-state index contributed by atoms with van der Waals surface area (Å²) in [7, 11) is -3.18.